The molecule has 7 aliphatic rings. The number of anilines is 3. The number of nitrogens with zero attached hydrogens (tertiary/aromatic N) is 8. The molecule has 3 saturated heterocycles. The number of urea groups is 1. The fourth-order valence-electron chi connectivity index (χ4n) is 15.7. The van der Waals surface area contributed by atoms with E-state index in [1.165, 1.54) is 40.4 Å². The van der Waals surface area contributed by atoms with E-state index in [9.17, 15) is 53.4 Å². The van der Waals surface area contributed by atoms with Crippen LogP contribution in [0, 0.1) is 17.8 Å². The predicted octanol–water partition coefficient (Wildman–Crippen LogP) is 8.71. The minimum absolute atomic E-state index is 0.0228. The number of hydrogen-bond acceptors (Lipinski definition) is 22. The fraction of sp³-hybridized carbons (Fsp3) is 0.427. The van der Waals surface area contributed by atoms with E-state index in [2.05, 4.69) is 73.4 Å². The number of ether oxygens (including phenoxy) is 4. The maximum Gasteiger partial charge on any atom is 0.332 e. The topological polar surface area (TPSA) is 338 Å². The number of aliphatic hydroxyl groups is 1. The summed E-state index contributed by atoms with van der Waals surface area (Å²) in [5, 5.41) is 36.2. The number of aryl methyl sites for hydroxylation is 1. The first-order valence-corrected chi connectivity index (χ1v) is 42.4. The van der Waals surface area contributed by atoms with E-state index in [-0.39, 0.29) is 95.7 Å². The number of allylic oxidation sites excluding steroid dienone is 4. The van der Waals surface area contributed by atoms with Gasteiger partial charge in [-0.3, -0.25) is 48.2 Å². The van der Waals surface area contributed by atoms with E-state index in [0.717, 1.165) is 131 Å². The number of aliphatic carboxylic acids is 1. The zero-order chi connectivity index (χ0) is 83.4. The third-order valence-corrected chi connectivity index (χ3v) is 25.0. The number of aliphatic hydroxyl groups excluding tert-OH is 1. The van der Waals surface area contributed by atoms with Crippen molar-refractivity contribution in [1.82, 2.24) is 50.5 Å². The molecule has 4 aromatic carbocycles. The smallest absolute Gasteiger partial charge is 0.332 e. The van der Waals surface area contributed by atoms with Gasteiger partial charge in [-0.25, -0.2) is 19.7 Å². The summed E-state index contributed by atoms with van der Waals surface area (Å²) >= 11 is 2.49. The number of piperidine rings is 1. The molecule has 28 nitrogen and oxygen atoms in total. The second-order valence-corrected chi connectivity index (χ2v) is 32.9. The van der Waals surface area contributed by atoms with Gasteiger partial charge in [0.05, 0.1) is 98.6 Å². The van der Waals surface area contributed by atoms with Crippen LogP contribution in [0.5, 0.6) is 5.75 Å². The average Bonchev–Trinajstić information content (AvgIpc) is 1.47. The lowest BCUT2D eigenvalue weighted by atomic mass is 9.84. The van der Waals surface area contributed by atoms with Gasteiger partial charge in [-0.1, -0.05) is 126 Å². The summed E-state index contributed by atoms with van der Waals surface area (Å²) in [5.74, 6) is 1.85. The zero-order valence-electron chi connectivity index (χ0n) is 67.4. The number of carboxylic acid groups (broad SMARTS) is 1. The van der Waals surface area contributed by atoms with Gasteiger partial charge in [-0.05, 0) is 142 Å². The van der Waals surface area contributed by atoms with E-state index >= 15 is 0 Å². The van der Waals surface area contributed by atoms with Crippen molar-refractivity contribution in [1.29, 1.82) is 0 Å². The molecule has 119 heavy (non-hydrogen) atoms. The zero-order valence-corrected chi connectivity index (χ0v) is 69.0. The molecule has 626 valence electrons. The quantitative estimate of drug-likeness (QED) is 0.0110. The summed E-state index contributed by atoms with van der Waals surface area (Å²) in [7, 11) is 3.25. The molecule has 4 fully saturated rings. The van der Waals surface area contributed by atoms with Gasteiger partial charge in [0.25, 0.3) is 17.4 Å². The van der Waals surface area contributed by atoms with Crippen LogP contribution in [0.15, 0.2) is 164 Å². The van der Waals surface area contributed by atoms with E-state index in [1.54, 1.807) is 23.7 Å². The first kappa shape index (κ1) is 86.1. The lowest BCUT2D eigenvalue weighted by molar-refractivity contribution is -0.141. The summed E-state index contributed by atoms with van der Waals surface area (Å²) < 4.78 is 25.7. The molecule has 2 aliphatic carbocycles. The van der Waals surface area contributed by atoms with E-state index in [4.69, 9.17) is 28.9 Å². The van der Waals surface area contributed by atoms with Gasteiger partial charge in [0, 0.05) is 117 Å². The van der Waals surface area contributed by atoms with E-state index in [0.29, 0.717) is 70.4 Å². The first-order chi connectivity index (χ1) is 57.8. The number of fused-ring (bicyclic) bond motifs is 2. The Kier molecular flexibility index (Phi) is 29.5. The Morgan fingerprint density at radius 2 is 1.45 bits per heavy atom. The number of methoxy groups -OCH3 is 1. The van der Waals surface area contributed by atoms with Crippen molar-refractivity contribution in [2.24, 2.45) is 13.0 Å². The summed E-state index contributed by atoms with van der Waals surface area (Å²) in [6, 6.07) is 33.7. The molecule has 7 heterocycles. The van der Waals surface area contributed by atoms with Crippen LogP contribution in [0.2, 0.25) is 0 Å². The minimum Gasteiger partial charge on any atom is -0.495 e. The number of likely N-dealkylation sites (tertiary alicyclic amines) is 1. The Morgan fingerprint density at radius 3 is 2.14 bits per heavy atom. The molecular weight excluding hydrogens is 1560 g/mol. The summed E-state index contributed by atoms with van der Waals surface area (Å²) in [6.07, 6.45) is 20.2. The van der Waals surface area contributed by atoms with Crippen LogP contribution in [0.25, 0.3) is 11.6 Å². The second kappa shape index (κ2) is 40.8. The molecule has 6 aromatic rings. The highest BCUT2D eigenvalue weighted by atomic mass is 32.2. The molecule has 30 heteroatoms. The lowest BCUT2D eigenvalue weighted by Gasteiger charge is -2.43. The third-order valence-electron chi connectivity index (χ3n) is 22.7. The van der Waals surface area contributed by atoms with Crippen molar-refractivity contribution in [3.05, 3.63) is 199 Å². The number of aromatic nitrogens is 3. The number of hydrogen-bond donors (Lipinski definition) is 7. The van der Waals surface area contributed by atoms with Crippen molar-refractivity contribution in [3.63, 3.8) is 0 Å². The molecule has 7 N–H and O–H groups in total. The van der Waals surface area contributed by atoms with Crippen LogP contribution in [0.1, 0.15) is 123 Å². The van der Waals surface area contributed by atoms with Crippen LogP contribution < -0.4 is 46.7 Å². The fourth-order valence-corrected chi connectivity index (χ4v) is 17.7. The highest BCUT2D eigenvalue weighted by molar-refractivity contribution is 8.08. The highest BCUT2D eigenvalue weighted by Gasteiger charge is 2.45. The largest absolute Gasteiger partial charge is 0.495 e. The Hall–Kier alpha value is -10.8. The Balaban J connectivity index is 0.536. The SMILES string of the molecule is COc1ccc(CC#CCNC2(C)CCN(C3CCCN(c4nc5c(c([C@@](CO)(OC6CCC6)c6ccccc6)n4)CC=C(c4cn(C)c(=O)c6c4CC=CN6)C=C5)CC3)CC2)cc1N1CCC(=O)N(CNC(=O)[C@@H](CNC(=O)CCNC(=O)CCOCCOCCN2C(=O)C(Sc3ccccc3)=C(Sc3ccccc3)C2=O)CC(=O)O)C1=O. The number of imide groups is 2. The molecule has 3 atom stereocenters. The van der Waals surface area contributed by atoms with Gasteiger partial charge >= 0.3 is 12.0 Å². The van der Waals surface area contributed by atoms with Gasteiger partial charge in [0.2, 0.25) is 29.6 Å². The van der Waals surface area contributed by atoms with Crippen molar-refractivity contribution < 1.29 is 67.5 Å². The Bertz CT molecular complexity index is 4900. The Labute approximate surface area is 701 Å². The number of rotatable bonds is 36. The number of thioether (sulfide) groups is 2. The minimum atomic E-state index is -1.32. The van der Waals surface area contributed by atoms with Crippen LogP contribution in [0.4, 0.5) is 22.1 Å². The van der Waals surface area contributed by atoms with Gasteiger partial charge in [-0.2, -0.15) is 0 Å². The molecule has 1 saturated carbocycles. The molecule has 0 spiro atoms. The molecular formula is C89H103N13O15S2. The number of benzene rings is 4. The highest BCUT2D eigenvalue weighted by Crippen LogP contribution is 2.45. The van der Waals surface area contributed by atoms with Crippen LogP contribution in [0.3, 0.4) is 0 Å². The summed E-state index contributed by atoms with van der Waals surface area (Å²) in [4.78, 5) is 141. The van der Waals surface area contributed by atoms with Gasteiger partial charge in [0.1, 0.15) is 18.1 Å². The number of amides is 8. The van der Waals surface area contributed by atoms with Crippen molar-refractivity contribution >= 4 is 99.9 Å². The maximum absolute atomic E-state index is 14.2. The molecule has 8 amide bonds. The van der Waals surface area contributed by atoms with Crippen molar-refractivity contribution in [3.8, 4) is 17.6 Å². The van der Waals surface area contributed by atoms with Crippen molar-refractivity contribution in [2.75, 3.05) is 121 Å². The lowest BCUT2D eigenvalue weighted by Crippen LogP contribution is -2.56. The monoisotopic (exact) mass is 1660 g/mol. The van der Waals surface area contributed by atoms with Crippen LogP contribution in [-0.2, 0) is 79.7 Å². The molecule has 5 aliphatic heterocycles. The number of carboxylic acids is 1. The molecule has 0 radical (unpaired) electrons. The Morgan fingerprint density at radius 1 is 0.748 bits per heavy atom. The molecule has 2 aromatic heterocycles. The second-order valence-electron chi connectivity index (χ2n) is 30.7. The van der Waals surface area contributed by atoms with Crippen LogP contribution in [-0.4, -0.2) is 210 Å². The first-order valence-electron chi connectivity index (χ1n) is 40.8. The number of carbonyl (C=O) groups excluding carboxylic acids is 7. The van der Waals surface area contributed by atoms with Crippen LogP contribution >= 0.6 is 23.5 Å². The van der Waals surface area contributed by atoms with Gasteiger partial charge < -0.3 is 70.1 Å². The maximum atomic E-state index is 14.2. The molecule has 1 unspecified atom stereocenters. The standard InChI is InChI=1S/C89H103N13O15S2/c1-88(39-47-98(48-40-88)64-21-17-44-99(45-36-64)86-95-71-33-31-61(70-57-97(2)83(110)78-68(70)28-16-41-91-78)30-32-69(71)81(96-86)89(58-103,117-65-22-15-23-65)63-19-7-4-8-20-63)94-42-14-13-18-60-29-34-73(114-3)72(54-60)100-46-37-76(106)102(87(100)113)59-93-82(109)62(55-77(107)108)56-92-74(104)35-43-90-75(105)38-50-115-52-53-116-51-49-101-84(111)79(118-66-24-9-5-10-25-66)80(85(101)112)119-67-26-11-6-12-27-67/h4-12,16,19-20,24-27,29-31,33-34,41,54,57,62,64-65,91,94,103H,15,17-18,21-23,28,32,35-40,42-53,55-56,58-59H2,1-3H3,(H,90,105)(H,92,104)(H,93,109)(H,107,108)/t62-,64?,89+/m1/s1. The molecule has 0 bridgehead atoms. The summed E-state index contributed by atoms with van der Waals surface area (Å²) in [5.41, 5.74) is 6.35. The number of pyridine rings is 1. The number of carbonyl (C=O) groups is 8. The predicted molar refractivity (Wildman–Crippen MR) is 454 cm³/mol. The van der Waals surface area contributed by atoms with Gasteiger partial charge in [-0.15, -0.1) is 0 Å². The third kappa shape index (κ3) is 21.5. The van der Waals surface area contributed by atoms with E-state index < -0.39 is 72.1 Å². The number of nitrogens with one attached hydrogen (secondary N) is 5. The van der Waals surface area contributed by atoms with E-state index in [1.807, 2.05) is 116 Å². The average molecular weight is 1660 g/mol. The van der Waals surface area contributed by atoms with Crippen molar-refractivity contribution in [2.45, 2.75) is 136 Å². The summed E-state index contributed by atoms with van der Waals surface area (Å²) in [6.45, 7) is 5.18. The normalized spacial score (nSPS) is 18.2. The van der Waals surface area contributed by atoms with Gasteiger partial charge in [0.15, 0.2) is 5.60 Å². The molecule has 13 rings (SSSR count).